The van der Waals surface area contributed by atoms with Crippen LogP contribution in [-0.2, 0) is 13.0 Å². The predicted octanol–water partition coefficient (Wildman–Crippen LogP) is 1.82. The van der Waals surface area contributed by atoms with E-state index in [9.17, 15) is 5.11 Å². The number of β-amino-alcohol motifs (C(OH)–C–C–N with tert-alkyl or cyclic N) is 1. The number of likely N-dealkylation sites (tertiary alicyclic amines) is 1. The number of aryl methyl sites for hydroxylation is 1. The van der Waals surface area contributed by atoms with Crippen molar-refractivity contribution in [2.24, 2.45) is 5.92 Å². The van der Waals surface area contributed by atoms with Gasteiger partial charge in [-0.2, -0.15) is 0 Å². The van der Waals surface area contributed by atoms with E-state index in [1.165, 1.54) is 5.56 Å². The van der Waals surface area contributed by atoms with Gasteiger partial charge in [-0.3, -0.25) is 14.9 Å². The first-order chi connectivity index (χ1) is 10.2. The van der Waals surface area contributed by atoms with Crippen LogP contribution in [0.15, 0.2) is 42.7 Å². The fourth-order valence-electron chi connectivity index (χ4n) is 3.01. The van der Waals surface area contributed by atoms with Crippen molar-refractivity contribution in [3.63, 3.8) is 0 Å². The summed E-state index contributed by atoms with van der Waals surface area (Å²) in [6.07, 6.45) is 4.26. The van der Waals surface area contributed by atoms with E-state index in [1.54, 1.807) is 0 Å². The molecule has 3 heterocycles. The molecule has 1 fully saturated rings. The number of aliphatic hydroxyl groups is 1. The highest BCUT2D eigenvalue weighted by atomic mass is 16.3. The zero-order valence-electron chi connectivity index (χ0n) is 12.3. The summed E-state index contributed by atoms with van der Waals surface area (Å²) >= 11 is 0. The molecule has 2 atom stereocenters. The summed E-state index contributed by atoms with van der Waals surface area (Å²) < 4.78 is 0. The molecule has 0 spiro atoms. The molecule has 0 aromatic carbocycles. The molecule has 4 nitrogen and oxygen atoms in total. The predicted molar refractivity (Wildman–Crippen MR) is 81.7 cm³/mol. The lowest BCUT2D eigenvalue weighted by atomic mass is 9.97. The minimum atomic E-state index is -0.261. The largest absolute Gasteiger partial charge is 0.391 e. The molecule has 2 aromatic rings. The van der Waals surface area contributed by atoms with Gasteiger partial charge in [-0.1, -0.05) is 6.07 Å². The van der Waals surface area contributed by atoms with Crippen LogP contribution in [0.25, 0.3) is 0 Å². The van der Waals surface area contributed by atoms with E-state index in [0.717, 1.165) is 37.4 Å². The summed E-state index contributed by atoms with van der Waals surface area (Å²) in [6, 6.07) is 10.2. The topological polar surface area (TPSA) is 49.2 Å². The molecule has 0 bridgehead atoms. The van der Waals surface area contributed by atoms with Gasteiger partial charge in [-0.05, 0) is 43.2 Å². The minimum Gasteiger partial charge on any atom is -0.391 e. The first kappa shape index (κ1) is 14.2. The van der Waals surface area contributed by atoms with Gasteiger partial charge in [0, 0.05) is 43.6 Å². The van der Waals surface area contributed by atoms with Gasteiger partial charge in [-0.15, -0.1) is 0 Å². The molecule has 0 amide bonds. The Hall–Kier alpha value is -1.78. The Morgan fingerprint density at radius 2 is 2.00 bits per heavy atom. The smallest absolute Gasteiger partial charge is 0.0710 e. The molecule has 1 aliphatic heterocycles. The molecule has 1 aliphatic rings. The lowest BCUT2D eigenvalue weighted by Gasteiger charge is -2.15. The second kappa shape index (κ2) is 6.33. The molecule has 0 unspecified atom stereocenters. The Balaban J connectivity index is 1.61. The van der Waals surface area contributed by atoms with Crippen molar-refractivity contribution in [3.8, 4) is 0 Å². The van der Waals surface area contributed by atoms with Crippen molar-refractivity contribution in [3.05, 3.63) is 59.7 Å². The van der Waals surface area contributed by atoms with Gasteiger partial charge in [0.1, 0.15) is 0 Å². The fraction of sp³-hybridized carbons (Fsp3) is 0.412. The maximum Gasteiger partial charge on any atom is 0.0710 e. The molecule has 2 aromatic heterocycles. The summed E-state index contributed by atoms with van der Waals surface area (Å²) in [6.45, 7) is 4.46. The van der Waals surface area contributed by atoms with Crippen LogP contribution in [0.2, 0.25) is 0 Å². The van der Waals surface area contributed by atoms with E-state index in [2.05, 4.69) is 20.9 Å². The standard InChI is InChI=1S/C17H21N3O/c1-13-3-2-4-16(19-13)11-20-10-15(17(21)12-20)9-14-5-7-18-8-6-14/h2-8,15,17,21H,9-12H2,1H3/t15-,17-/m1/s1. The number of hydrogen-bond donors (Lipinski definition) is 1. The van der Waals surface area contributed by atoms with E-state index in [4.69, 9.17) is 0 Å². The number of nitrogens with zero attached hydrogens (tertiary/aromatic N) is 3. The Kier molecular flexibility index (Phi) is 4.27. The van der Waals surface area contributed by atoms with Crippen molar-refractivity contribution in [1.29, 1.82) is 0 Å². The number of rotatable bonds is 4. The van der Waals surface area contributed by atoms with Crippen LogP contribution in [-0.4, -0.2) is 39.2 Å². The van der Waals surface area contributed by atoms with Gasteiger partial charge in [0.15, 0.2) is 0 Å². The first-order valence-corrected chi connectivity index (χ1v) is 7.42. The van der Waals surface area contributed by atoms with Crippen LogP contribution >= 0.6 is 0 Å². The third-order valence-corrected chi connectivity index (χ3v) is 4.06. The van der Waals surface area contributed by atoms with E-state index >= 15 is 0 Å². The molecular formula is C17H21N3O. The van der Waals surface area contributed by atoms with Crippen molar-refractivity contribution >= 4 is 0 Å². The van der Waals surface area contributed by atoms with Gasteiger partial charge in [0.05, 0.1) is 11.8 Å². The summed E-state index contributed by atoms with van der Waals surface area (Å²) in [5.41, 5.74) is 3.36. The molecule has 110 valence electrons. The number of aliphatic hydroxyl groups excluding tert-OH is 1. The van der Waals surface area contributed by atoms with Gasteiger partial charge in [0.25, 0.3) is 0 Å². The highest BCUT2D eigenvalue weighted by Gasteiger charge is 2.31. The molecule has 1 saturated heterocycles. The molecule has 1 N–H and O–H groups in total. The van der Waals surface area contributed by atoms with Crippen LogP contribution < -0.4 is 0 Å². The summed E-state index contributed by atoms with van der Waals surface area (Å²) in [5.74, 6) is 0.289. The van der Waals surface area contributed by atoms with Crippen LogP contribution in [0.4, 0.5) is 0 Å². The number of pyridine rings is 2. The Bertz CT molecular complexity index is 588. The van der Waals surface area contributed by atoms with E-state index in [0.29, 0.717) is 0 Å². The fourth-order valence-corrected chi connectivity index (χ4v) is 3.01. The van der Waals surface area contributed by atoms with Crippen molar-refractivity contribution in [1.82, 2.24) is 14.9 Å². The Labute approximate surface area is 125 Å². The number of aromatic nitrogens is 2. The first-order valence-electron chi connectivity index (χ1n) is 7.42. The average Bonchev–Trinajstić information content (AvgIpc) is 2.80. The van der Waals surface area contributed by atoms with Gasteiger partial charge in [0.2, 0.25) is 0 Å². The molecule has 21 heavy (non-hydrogen) atoms. The summed E-state index contributed by atoms with van der Waals surface area (Å²) in [4.78, 5) is 10.9. The SMILES string of the molecule is Cc1cccc(CN2C[C@@H](Cc3ccncc3)[C@H](O)C2)n1. The van der Waals surface area contributed by atoms with Gasteiger partial charge in [-0.25, -0.2) is 0 Å². The van der Waals surface area contributed by atoms with Crippen LogP contribution in [0.3, 0.4) is 0 Å². The molecule has 0 saturated carbocycles. The molecule has 4 heteroatoms. The molecular weight excluding hydrogens is 262 g/mol. The van der Waals surface area contributed by atoms with E-state index < -0.39 is 0 Å². The Morgan fingerprint density at radius 1 is 1.19 bits per heavy atom. The third-order valence-electron chi connectivity index (χ3n) is 4.06. The quantitative estimate of drug-likeness (QED) is 0.930. The molecule has 0 radical (unpaired) electrons. The average molecular weight is 283 g/mol. The second-order valence-electron chi connectivity index (χ2n) is 5.85. The van der Waals surface area contributed by atoms with Crippen LogP contribution in [0.5, 0.6) is 0 Å². The summed E-state index contributed by atoms with van der Waals surface area (Å²) in [7, 11) is 0. The third kappa shape index (κ3) is 3.65. The maximum absolute atomic E-state index is 10.3. The van der Waals surface area contributed by atoms with Gasteiger partial charge < -0.3 is 5.11 Å². The lowest BCUT2D eigenvalue weighted by molar-refractivity contribution is 0.141. The van der Waals surface area contributed by atoms with Crippen molar-refractivity contribution in [2.45, 2.75) is 26.0 Å². The number of hydrogen-bond acceptors (Lipinski definition) is 4. The van der Waals surface area contributed by atoms with Gasteiger partial charge >= 0.3 is 0 Å². The highest BCUT2D eigenvalue weighted by Crippen LogP contribution is 2.22. The lowest BCUT2D eigenvalue weighted by Crippen LogP contribution is -2.22. The normalized spacial score (nSPS) is 22.6. The van der Waals surface area contributed by atoms with E-state index in [1.807, 2.05) is 43.6 Å². The maximum atomic E-state index is 10.3. The summed E-state index contributed by atoms with van der Waals surface area (Å²) in [5, 5.41) is 10.3. The zero-order chi connectivity index (χ0) is 14.7. The Morgan fingerprint density at radius 3 is 2.76 bits per heavy atom. The second-order valence-corrected chi connectivity index (χ2v) is 5.85. The van der Waals surface area contributed by atoms with Crippen LogP contribution in [0, 0.1) is 12.8 Å². The zero-order valence-corrected chi connectivity index (χ0v) is 12.3. The minimum absolute atomic E-state index is 0.261. The highest BCUT2D eigenvalue weighted by molar-refractivity contribution is 5.13. The van der Waals surface area contributed by atoms with Crippen LogP contribution in [0.1, 0.15) is 17.0 Å². The van der Waals surface area contributed by atoms with Crippen molar-refractivity contribution in [2.75, 3.05) is 13.1 Å². The molecule has 3 rings (SSSR count). The van der Waals surface area contributed by atoms with E-state index in [-0.39, 0.29) is 12.0 Å². The monoisotopic (exact) mass is 283 g/mol. The molecule has 0 aliphatic carbocycles. The van der Waals surface area contributed by atoms with Crippen molar-refractivity contribution < 1.29 is 5.11 Å².